The number of nitrogens with zero attached hydrogens (tertiary/aromatic N) is 1. The summed E-state index contributed by atoms with van der Waals surface area (Å²) in [6.45, 7) is 10.1. The summed E-state index contributed by atoms with van der Waals surface area (Å²) >= 11 is 0. The first-order valence-electron chi connectivity index (χ1n) is 4.70. The second-order valence-electron chi connectivity index (χ2n) is 4.03. The zero-order chi connectivity index (χ0) is 9.90. The smallest absolute Gasteiger partial charge is 0.224 e. The SMILES string of the molecule is C=CCN1C(=O)CCNCC1(C)C. The minimum absolute atomic E-state index is 0.0955. The van der Waals surface area contributed by atoms with E-state index in [9.17, 15) is 4.79 Å². The van der Waals surface area contributed by atoms with Crippen molar-refractivity contribution < 1.29 is 4.79 Å². The maximum Gasteiger partial charge on any atom is 0.224 e. The van der Waals surface area contributed by atoms with E-state index in [1.165, 1.54) is 0 Å². The average molecular weight is 182 g/mol. The molecule has 1 fully saturated rings. The van der Waals surface area contributed by atoms with Crippen LogP contribution in [0, 0.1) is 0 Å². The van der Waals surface area contributed by atoms with E-state index >= 15 is 0 Å². The maximum atomic E-state index is 11.7. The summed E-state index contributed by atoms with van der Waals surface area (Å²) in [4.78, 5) is 13.5. The molecule has 1 rings (SSSR count). The fourth-order valence-electron chi connectivity index (χ4n) is 1.64. The molecule has 0 aromatic rings. The Kier molecular flexibility index (Phi) is 3.09. The zero-order valence-electron chi connectivity index (χ0n) is 8.47. The minimum atomic E-state index is -0.0955. The van der Waals surface area contributed by atoms with Crippen molar-refractivity contribution in [3.63, 3.8) is 0 Å². The van der Waals surface area contributed by atoms with Crippen LogP contribution in [0.4, 0.5) is 0 Å². The van der Waals surface area contributed by atoms with E-state index in [1.807, 2.05) is 4.90 Å². The Balaban J connectivity index is 2.79. The number of amides is 1. The molecule has 0 radical (unpaired) electrons. The van der Waals surface area contributed by atoms with Gasteiger partial charge in [0.1, 0.15) is 0 Å². The normalized spacial score (nSPS) is 22.6. The minimum Gasteiger partial charge on any atom is -0.333 e. The second kappa shape index (κ2) is 3.92. The molecule has 1 aliphatic rings. The summed E-state index contributed by atoms with van der Waals surface area (Å²) in [5.74, 6) is 0.218. The third-order valence-electron chi connectivity index (χ3n) is 2.42. The molecule has 13 heavy (non-hydrogen) atoms. The molecule has 1 heterocycles. The Morgan fingerprint density at radius 3 is 3.00 bits per heavy atom. The highest BCUT2D eigenvalue weighted by Crippen LogP contribution is 2.16. The maximum absolute atomic E-state index is 11.7. The Labute approximate surface area is 79.8 Å². The molecule has 1 saturated heterocycles. The highest BCUT2D eigenvalue weighted by Gasteiger charge is 2.31. The van der Waals surface area contributed by atoms with Gasteiger partial charge in [-0.25, -0.2) is 0 Å². The fraction of sp³-hybridized carbons (Fsp3) is 0.700. The van der Waals surface area contributed by atoms with Crippen LogP contribution >= 0.6 is 0 Å². The van der Waals surface area contributed by atoms with Crippen LogP contribution in [-0.2, 0) is 4.79 Å². The van der Waals surface area contributed by atoms with Gasteiger partial charge in [0.05, 0.1) is 5.54 Å². The summed E-state index contributed by atoms with van der Waals surface area (Å²) in [6.07, 6.45) is 2.38. The average Bonchev–Trinajstić information content (AvgIpc) is 2.17. The van der Waals surface area contributed by atoms with Crippen molar-refractivity contribution in [1.29, 1.82) is 0 Å². The van der Waals surface area contributed by atoms with Gasteiger partial charge >= 0.3 is 0 Å². The molecule has 1 aliphatic heterocycles. The molecule has 0 saturated carbocycles. The third kappa shape index (κ3) is 2.31. The molecular formula is C10H18N2O. The number of nitrogens with one attached hydrogen (secondary N) is 1. The Bertz CT molecular complexity index is 211. The lowest BCUT2D eigenvalue weighted by molar-refractivity contribution is -0.134. The topological polar surface area (TPSA) is 32.3 Å². The highest BCUT2D eigenvalue weighted by atomic mass is 16.2. The third-order valence-corrected chi connectivity index (χ3v) is 2.42. The van der Waals surface area contributed by atoms with Gasteiger partial charge in [0.25, 0.3) is 0 Å². The number of hydrogen-bond acceptors (Lipinski definition) is 2. The second-order valence-corrected chi connectivity index (χ2v) is 4.03. The summed E-state index contributed by atoms with van der Waals surface area (Å²) in [7, 11) is 0. The Morgan fingerprint density at radius 1 is 1.69 bits per heavy atom. The summed E-state index contributed by atoms with van der Waals surface area (Å²) in [6, 6.07) is 0. The predicted molar refractivity (Wildman–Crippen MR) is 53.5 cm³/mol. The molecule has 0 spiro atoms. The molecule has 0 bridgehead atoms. The summed E-state index contributed by atoms with van der Waals surface area (Å²) < 4.78 is 0. The molecule has 1 N–H and O–H groups in total. The van der Waals surface area contributed by atoms with Crippen molar-refractivity contribution in [3.8, 4) is 0 Å². The predicted octanol–water partition coefficient (Wildman–Crippen LogP) is 0.773. The van der Waals surface area contributed by atoms with Crippen LogP contribution < -0.4 is 5.32 Å². The molecule has 0 aliphatic carbocycles. The molecule has 3 heteroatoms. The number of carbonyl (C=O) groups excluding carboxylic acids is 1. The van der Waals surface area contributed by atoms with E-state index in [4.69, 9.17) is 0 Å². The number of hydrogen-bond donors (Lipinski definition) is 1. The lowest BCUT2D eigenvalue weighted by Gasteiger charge is -2.36. The van der Waals surface area contributed by atoms with Gasteiger partial charge < -0.3 is 10.2 Å². The highest BCUT2D eigenvalue weighted by molar-refractivity contribution is 5.77. The quantitative estimate of drug-likeness (QED) is 0.640. The molecule has 3 nitrogen and oxygen atoms in total. The van der Waals surface area contributed by atoms with Gasteiger partial charge in [-0.2, -0.15) is 0 Å². The standard InChI is InChI=1S/C10H18N2O/c1-4-7-12-9(13)5-6-11-8-10(12,2)3/h4,11H,1,5-8H2,2-3H3. The van der Waals surface area contributed by atoms with Crippen molar-refractivity contribution in [3.05, 3.63) is 12.7 Å². The molecule has 0 aromatic heterocycles. The van der Waals surface area contributed by atoms with Crippen molar-refractivity contribution in [2.45, 2.75) is 25.8 Å². The van der Waals surface area contributed by atoms with Gasteiger partial charge in [-0.1, -0.05) is 6.08 Å². The van der Waals surface area contributed by atoms with Crippen molar-refractivity contribution in [1.82, 2.24) is 10.2 Å². The van der Waals surface area contributed by atoms with E-state index in [0.717, 1.165) is 13.1 Å². The molecule has 0 aromatic carbocycles. The van der Waals surface area contributed by atoms with Crippen molar-refractivity contribution in [2.24, 2.45) is 0 Å². The largest absolute Gasteiger partial charge is 0.333 e. The summed E-state index contributed by atoms with van der Waals surface area (Å²) in [5, 5.41) is 3.26. The van der Waals surface area contributed by atoms with E-state index in [2.05, 4.69) is 25.7 Å². The molecule has 74 valence electrons. The number of carbonyl (C=O) groups is 1. The summed E-state index contributed by atoms with van der Waals surface area (Å²) in [5.41, 5.74) is -0.0955. The van der Waals surface area contributed by atoms with Crippen LogP contribution in [0.25, 0.3) is 0 Å². The van der Waals surface area contributed by atoms with Gasteiger partial charge in [0, 0.05) is 26.1 Å². The molecular weight excluding hydrogens is 164 g/mol. The van der Waals surface area contributed by atoms with Crippen LogP contribution in [0.1, 0.15) is 20.3 Å². The van der Waals surface area contributed by atoms with Gasteiger partial charge in [0.15, 0.2) is 0 Å². The van der Waals surface area contributed by atoms with E-state index in [-0.39, 0.29) is 11.4 Å². The fourth-order valence-corrected chi connectivity index (χ4v) is 1.64. The van der Waals surface area contributed by atoms with Gasteiger partial charge in [0.2, 0.25) is 5.91 Å². The zero-order valence-corrected chi connectivity index (χ0v) is 8.47. The first kappa shape index (κ1) is 10.3. The first-order valence-corrected chi connectivity index (χ1v) is 4.70. The van der Waals surface area contributed by atoms with Gasteiger partial charge in [-0.15, -0.1) is 6.58 Å². The van der Waals surface area contributed by atoms with Gasteiger partial charge in [-0.3, -0.25) is 4.79 Å². The first-order chi connectivity index (χ1) is 6.08. The van der Waals surface area contributed by atoms with Crippen LogP contribution in [0.15, 0.2) is 12.7 Å². The van der Waals surface area contributed by atoms with Gasteiger partial charge in [-0.05, 0) is 13.8 Å². The van der Waals surface area contributed by atoms with Crippen LogP contribution in [0.2, 0.25) is 0 Å². The van der Waals surface area contributed by atoms with Crippen LogP contribution in [0.5, 0.6) is 0 Å². The monoisotopic (exact) mass is 182 g/mol. The Morgan fingerprint density at radius 2 is 2.38 bits per heavy atom. The van der Waals surface area contributed by atoms with E-state index < -0.39 is 0 Å². The molecule has 0 atom stereocenters. The lowest BCUT2D eigenvalue weighted by Crippen LogP contribution is -2.50. The lowest BCUT2D eigenvalue weighted by atomic mass is 10.0. The van der Waals surface area contributed by atoms with Crippen LogP contribution in [0.3, 0.4) is 0 Å². The molecule has 1 amide bonds. The van der Waals surface area contributed by atoms with Crippen molar-refractivity contribution >= 4 is 5.91 Å². The Hall–Kier alpha value is -0.830. The molecule has 0 unspecified atom stereocenters. The van der Waals surface area contributed by atoms with E-state index in [1.54, 1.807) is 6.08 Å². The van der Waals surface area contributed by atoms with Crippen LogP contribution in [-0.4, -0.2) is 36.0 Å². The van der Waals surface area contributed by atoms with Crippen molar-refractivity contribution in [2.75, 3.05) is 19.6 Å². The van der Waals surface area contributed by atoms with E-state index in [0.29, 0.717) is 13.0 Å². The number of rotatable bonds is 2.